The number of halogens is 1. The van der Waals surface area contributed by atoms with Crippen LogP contribution in [0.5, 0.6) is 0 Å². The lowest BCUT2D eigenvalue weighted by molar-refractivity contribution is -0.138. The van der Waals surface area contributed by atoms with Crippen LogP contribution in [0.15, 0.2) is 15.2 Å². The number of aliphatic carboxylic acids is 1. The van der Waals surface area contributed by atoms with Gasteiger partial charge in [0.15, 0.2) is 0 Å². The van der Waals surface area contributed by atoms with Crippen molar-refractivity contribution in [2.45, 2.75) is 19.9 Å². The Balaban J connectivity index is 2.58. The smallest absolute Gasteiger partial charge is 0.317 e. The van der Waals surface area contributed by atoms with Gasteiger partial charge in [-0.15, -0.1) is 0 Å². The molecule has 0 aliphatic heterocycles. The summed E-state index contributed by atoms with van der Waals surface area (Å²) >= 11 is 5.07. The van der Waals surface area contributed by atoms with Gasteiger partial charge in [-0.05, 0) is 39.8 Å². The topological polar surface area (TPSA) is 40.5 Å². The first-order valence-electron chi connectivity index (χ1n) is 4.78. The molecular weight excluding hydrogens is 278 g/mol. The SMILES string of the molecule is CCCN(CC(=O)O)Cc1cscc1Br. The lowest BCUT2D eigenvalue weighted by atomic mass is 10.3. The van der Waals surface area contributed by atoms with E-state index in [9.17, 15) is 4.79 Å². The Morgan fingerprint density at radius 3 is 2.80 bits per heavy atom. The number of carboxylic acid groups (broad SMARTS) is 1. The minimum atomic E-state index is -0.769. The highest BCUT2D eigenvalue weighted by atomic mass is 79.9. The van der Waals surface area contributed by atoms with Crippen LogP contribution in [-0.4, -0.2) is 29.1 Å². The average molecular weight is 292 g/mol. The summed E-state index contributed by atoms with van der Waals surface area (Å²) < 4.78 is 1.07. The largest absolute Gasteiger partial charge is 0.480 e. The molecule has 3 nitrogen and oxygen atoms in total. The molecule has 0 aromatic carbocycles. The van der Waals surface area contributed by atoms with Crippen LogP contribution >= 0.6 is 27.3 Å². The van der Waals surface area contributed by atoms with E-state index < -0.39 is 5.97 Å². The summed E-state index contributed by atoms with van der Waals surface area (Å²) in [6.45, 7) is 3.67. The van der Waals surface area contributed by atoms with E-state index >= 15 is 0 Å². The summed E-state index contributed by atoms with van der Waals surface area (Å²) in [5, 5.41) is 12.8. The summed E-state index contributed by atoms with van der Waals surface area (Å²) in [6.07, 6.45) is 0.967. The molecule has 0 saturated carbocycles. The van der Waals surface area contributed by atoms with Crippen molar-refractivity contribution in [2.75, 3.05) is 13.1 Å². The molecule has 0 saturated heterocycles. The highest BCUT2D eigenvalue weighted by Crippen LogP contribution is 2.22. The summed E-state index contributed by atoms with van der Waals surface area (Å²) in [5.41, 5.74) is 1.16. The predicted molar refractivity (Wildman–Crippen MR) is 65.2 cm³/mol. The zero-order chi connectivity index (χ0) is 11.3. The lowest BCUT2D eigenvalue weighted by Crippen LogP contribution is -2.29. The van der Waals surface area contributed by atoms with E-state index in [1.165, 1.54) is 0 Å². The van der Waals surface area contributed by atoms with Gasteiger partial charge in [0.1, 0.15) is 0 Å². The van der Waals surface area contributed by atoms with E-state index in [4.69, 9.17) is 5.11 Å². The van der Waals surface area contributed by atoms with Crippen molar-refractivity contribution in [1.29, 1.82) is 0 Å². The van der Waals surface area contributed by atoms with Crippen molar-refractivity contribution >= 4 is 33.2 Å². The molecule has 0 atom stereocenters. The first-order valence-corrected chi connectivity index (χ1v) is 6.51. The Kier molecular flexibility index (Phi) is 5.28. The van der Waals surface area contributed by atoms with Gasteiger partial charge < -0.3 is 5.11 Å². The third kappa shape index (κ3) is 4.32. The third-order valence-corrected chi connectivity index (χ3v) is 3.81. The highest BCUT2D eigenvalue weighted by molar-refractivity contribution is 9.10. The molecular formula is C10H14BrNO2S. The fourth-order valence-corrected chi connectivity index (χ4v) is 2.80. The average Bonchev–Trinajstić information content (AvgIpc) is 2.51. The Labute approximate surface area is 102 Å². The van der Waals surface area contributed by atoms with Gasteiger partial charge in [-0.3, -0.25) is 9.69 Å². The number of carbonyl (C=O) groups is 1. The first kappa shape index (κ1) is 12.7. The Hall–Kier alpha value is -0.390. The third-order valence-electron chi connectivity index (χ3n) is 1.98. The molecule has 0 fully saturated rings. The molecule has 5 heteroatoms. The molecule has 15 heavy (non-hydrogen) atoms. The summed E-state index contributed by atoms with van der Waals surface area (Å²) in [6, 6.07) is 0. The quantitative estimate of drug-likeness (QED) is 0.876. The van der Waals surface area contributed by atoms with E-state index in [0.29, 0.717) is 6.54 Å². The minimum Gasteiger partial charge on any atom is -0.480 e. The van der Waals surface area contributed by atoms with Gasteiger partial charge in [0.2, 0.25) is 0 Å². The Morgan fingerprint density at radius 2 is 2.33 bits per heavy atom. The lowest BCUT2D eigenvalue weighted by Gasteiger charge is -2.18. The fourth-order valence-electron chi connectivity index (χ4n) is 1.38. The number of thiophene rings is 1. The molecule has 0 aliphatic carbocycles. The van der Waals surface area contributed by atoms with Crippen molar-refractivity contribution in [2.24, 2.45) is 0 Å². The number of nitrogens with zero attached hydrogens (tertiary/aromatic N) is 1. The van der Waals surface area contributed by atoms with Gasteiger partial charge in [-0.1, -0.05) is 6.92 Å². The molecule has 1 aromatic heterocycles. The van der Waals surface area contributed by atoms with Crippen molar-refractivity contribution in [1.82, 2.24) is 4.90 Å². The standard InChI is InChI=1S/C10H14BrNO2S/c1-2-3-12(5-10(13)14)4-8-6-15-7-9(8)11/h6-7H,2-5H2,1H3,(H,13,14). The van der Waals surface area contributed by atoms with Crippen LogP contribution in [0.1, 0.15) is 18.9 Å². The number of hydrogen-bond acceptors (Lipinski definition) is 3. The van der Waals surface area contributed by atoms with Crippen LogP contribution < -0.4 is 0 Å². The molecule has 1 heterocycles. The van der Waals surface area contributed by atoms with Gasteiger partial charge in [0, 0.05) is 16.4 Å². The van der Waals surface area contributed by atoms with E-state index in [1.807, 2.05) is 10.3 Å². The molecule has 84 valence electrons. The summed E-state index contributed by atoms with van der Waals surface area (Å²) in [4.78, 5) is 12.6. The summed E-state index contributed by atoms with van der Waals surface area (Å²) in [7, 11) is 0. The summed E-state index contributed by atoms with van der Waals surface area (Å²) in [5.74, 6) is -0.769. The van der Waals surface area contributed by atoms with Gasteiger partial charge in [-0.2, -0.15) is 11.3 Å². The monoisotopic (exact) mass is 291 g/mol. The molecule has 0 amide bonds. The molecule has 1 N–H and O–H groups in total. The molecule has 0 bridgehead atoms. The molecule has 0 radical (unpaired) electrons. The first-order chi connectivity index (χ1) is 7.13. The van der Waals surface area contributed by atoms with Crippen molar-refractivity contribution < 1.29 is 9.90 Å². The second-order valence-corrected chi connectivity index (χ2v) is 4.95. The maximum Gasteiger partial charge on any atom is 0.317 e. The Bertz CT molecular complexity index is 327. The molecule has 0 aliphatic rings. The Morgan fingerprint density at radius 1 is 1.60 bits per heavy atom. The number of carboxylic acids is 1. The predicted octanol–water partition coefficient (Wildman–Crippen LogP) is 2.81. The molecule has 0 unspecified atom stereocenters. The molecule has 0 spiro atoms. The van der Waals surface area contributed by atoms with Crippen LogP contribution in [0.4, 0.5) is 0 Å². The van der Waals surface area contributed by atoms with Gasteiger partial charge in [0.05, 0.1) is 6.54 Å². The maximum absolute atomic E-state index is 10.6. The second-order valence-electron chi connectivity index (χ2n) is 3.35. The van der Waals surface area contributed by atoms with Crippen LogP contribution in [0.3, 0.4) is 0 Å². The zero-order valence-corrected chi connectivity index (χ0v) is 11.0. The van der Waals surface area contributed by atoms with Crippen molar-refractivity contribution in [3.05, 3.63) is 20.8 Å². The van der Waals surface area contributed by atoms with Crippen LogP contribution in [-0.2, 0) is 11.3 Å². The number of rotatable bonds is 6. The minimum absolute atomic E-state index is 0.107. The van der Waals surface area contributed by atoms with Crippen LogP contribution in [0, 0.1) is 0 Å². The molecule has 1 rings (SSSR count). The van der Waals surface area contributed by atoms with E-state index in [1.54, 1.807) is 11.3 Å². The second kappa shape index (κ2) is 6.25. The number of hydrogen-bond donors (Lipinski definition) is 1. The van der Waals surface area contributed by atoms with E-state index in [-0.39, 0.29) is 6.54 Å². The normalized spacial score (nSPS) is 10.9. The maximum atomic E-state index is 10.6. The van der Waals surface area contributed by atoms with Crippen molar-refractivity contribution in [3.8, 4) is 0 Å². The highest BCUT2D eigenvalue weighted by Gasteiger charge is 2.11. The van der Waals surface area contributed by atoms with Crippen molar-refractivity contribution in [3.63, 3.8) is 0 Å². The molecule has 1 aromatic rings. The van der Waals surface area contributed by atoms with Gasteiger partial charge >= 0.3 is 5.97 Å². The zero-order valence-electron chi connectivity index (χ0n) is 8.57. The van der Waals surface area contributed by atoms with Gasteiger partial charge in [0.25, 0.3) is 0 Å². The van der Waals surface area contributed by atoms with Crippen LogP contribution in [0.25, 0.3) is 0 Å². The van der Waals surface area contributed by atoms with E-state index in [0.717, 1.165) is 23.0 Å². The van der Waals surface area contributed by atoms with Crippen LogP contribution in [0.2, 0.25) is 0 Å². The van der Waals surface area contributed by atoms with Gasteiger partial charge in [-0.25, -0.2) is 0 Å². The van der Waals surface area contributed by atoms with E-state index in [2.05, 4.69) is 28.2 Å². The fraction of sp³-hybridized carbons (Fsp3) is 0.500.